The number of benzene rings is 2. The zero-order valence-corrected chi connectivity index (χ0v) is 16.5. The van der Waals surface area contributed by atoms with Gasteiger partial charge in [0.25, 0.3) is 0 Å². The lowest BCUT2D eigenvalue weighted by atomic mass is 10.0. The van der Waals surface area contributed by atoms with Crippen molar-refractivity contribution in [2.24, 2.45) is 32.9 Å². The van der Waals surface area contributed by atoms with Crippen molar-refractivity contribution < 1.29 is 4.79 Å². The van der Waals surface area contributed by atoms with Gasteiger partial charge < -0.3 is 33.2 Å². The van der Waals surface area contributed by atoms with Gasteiger partial charge in [0, 0.05) is 30.1 Å². The van der Waals surface area contributed by atoms with E-state index in [0.717, 1.165) is 27.6 Å². The molecule has 0 fully saturated rings. The summed E-state index contributed by atoms with van der Waals surface area (Å²) >= 11 is 0. The van der Waals surface area contributed by atoms with E-state index in [1.807, 2.05) is 54.7 Å². The van der Waals surface area contributed by atoms with E-state index in [-0.39, 0.29) is 17.8 Å². The van der Waals surface area contributed by atoms with E-state index >= 15 is 0 Å². The Balaban J connectivity index is 1.66. The number of fused-ring (bicyclic) bond motifs is 1. The van der Waals surface area contributed by atoms with Crippen LogP contribution >= 0.6 is 0 Å². The number of H-pyrrole nitrogens is 1. The van der Waals surface area contributed by atoms with Gasteiger partial charge in [-0.15, -0.1) is 0 Å². The molecule has 0 aliphatic heterocycles. The number of aromatic amines is 1. The minimum atomic E-state index is -0.727. The number of nitrogens with one attached hydrogen (secondary N) is 2. The molecule has 30 heavy (non-hydrogen) atoms. The number of hydrogen-bond acceptors (Lipinski definition) is 3. The smallest absolute Gasteiger partial charge is 0.245 e. The molecule has 1 amide bonds. The van der Waals surface area contributed by atoms with Gasteiger partial charge in [-0.3, -0.25) is 4.79 Å². The van der Waals surface area contributed by atoms with Crippen molar-refractivity contribution in [2.45, 2.75) is 25.6 Å². The molecule has 9 nitrogen and oxygen atoms in total. The van der Waals surface area contributed by atoms with Gasteiger partial charge in [0.1, 0.15) is 6.04 Å². The number of carbonyl (C=O) groups is 1. The third-order valence-corrected chi connectivity index (χ3v) is 4.63. The van der Waals surface area contributed by atoms with E-state index < -0.39 is 6.04 Å². The number of aliphatic imine (C=N–C) groups is 2. The molecule has 0 saturated heterocycles. The van der Waals surface area contributed by atoms with E-state index in [1.165, 1.54) is 0 Å². The Labute approximate surface area is 174 Å². The zero-order chi connectivity index (χ0) is 21.5. The van der Waals surface area contributed by atoms with Gasteiger partial charge in [-0.2, -0.15) is 0 Å². The molecule has 0 saturated carbocycles. The Morgan fingerprint density at radius 2 is 1.67 bits per heavy atom. The maximum atomic E-state index is 12.8. The SMILES string of the molecule is NC(N)=NCc1ccc(CNC(=O)[C@H](Cc2c[nH]c3ccccc23)N=C(N)N)cc1. The molecule has 9 heteroatoms. The second-order valence-electron chi connectivity index (χ2n) is 6.91. The van der Waals surface area contributed by atoms with Crippen molar-refractivity contribution in [3.63, 3.8) is 0 Å². The number of guanidine groups is 2. The molecule has 10 N–H and O–H groups in total. The van der Waals surface area contributed by atoms with Crippen LogP contribution in [0.1, 0.15) is 16.7 Å². The number of nitrogens with two attached hydrogens (primary N) is 4. The average molecular weight is 406 g/mol. The lowest BCUT2D eigenvalue weighted by molar-refractivity contribution is -0.122. The van der Waals surface area contributed by atoms with E-state index in [2.05, 4.69) is 20.3 Å². The van der Waals surface area contributed by atoms with Gasteiger partial charge in [0.2, 0.25) is 5.91 Å². The van der Waals surface area contributed by atoms with Crippen LogP contribution in [0, 0.1) is 0 Å². The Morgan fingerprint density at radius 1 is 0.967 bits per heavy atom. The summed E-state index contributed by atoms with van der Waals surface area (Å²) in [6.45, 7) is 0.762. The normalized spacial score (nSPS) is 11.6. The topological polar surface area (TPSA) is 174 Å². The fourth-order valence-electron chi connectivity index (χ4n) is 3.14. The highest BCUT2D eigenvalue weighted by molar-refractivity contribution is 5.88. The zero-order valence-electron chi connectivity index (χ0n) is 16.5. The van der Waals surface area contributed by atoms with Crippen LogP contribution in [0.2, 0.25) is 0 Å². The summed E-state index contributed by atoms with van der Waals surface area (Å²) in [4.78, 5) is 24.1. The predicted octanol–water partition coefficient (Wildman–Crippen LogP) is 0.442. The Kier molecular flexibility index (Phi) is 6.53. The first-order valence-electron chi connectivity index (χ1n) is 9.47. The molecule has 0 aliphatic carbocycles. The quantitative estimate of drug-likeness (QED) is 0.235. The molecule has 2 aromatic carbocycles. The van der Waals surface area contributed by atoms with Crippen molar-refractivity contribution in [1.82, 2.24) is 10.3 Å². The fraction of sp³-hybridized carbons (Fsp3) is 0.190. The van der Waals surface area contributed by atoms with Crippen LogP contribution < -0.4 is 28.3 Å². The van der Waals surface area contributed by atoms with Crippen molar-refractivity contribution >= 4 is 28.7 Å². The monoisotopic (exact) mass is 406 g/mol. The first-order valence-corrected chi connectivity index (χ1v) is 9.47. The summed E-state index contributed by atoms with van der Waals surface area (Å²) in [6, 6.07) is 14.8. The summed E-state index contributed by atoms with van der Waals surface area (Å²) < 4.78 is 0. The van der Waals surface area contributed by atoms with Crippen molar-refractivity contribution in [3.8, 4) is 0 Å². The van der Waals surface area contributed by atoms with Gasteiger partial charge in [-0.1, -0.05) is 42.5 Å². The second-order valence-corrected chi connectivity index (χ2v) is 6.91. The number of para-hydroxylation sites is 1. The first-order chi connectivity index (χ1) is 14.4. The highest BCUT2D eigenvalue weighted by Crippen LogP contribution is 2.20. The molecule has 1 aromatic heterocycles. The van der Waals surface area contributed by atoms with Crippen molar-refractivity contribution in [3.05, 3.63) is 71.4 Å². The predicted molar refractivity (Wildman–Crippen MR) is 119 cm³/mol. The molecule has 1 atom stereocenters. The van der Waals surface area contributed by atoms with Gasteiger partial charge in [-0.05, 0) is 22.8 Å². The molecule has 3 aromatic rings. The molecule has 0 aliphatic rings. The third-order valence-electron chi connectivity index (χ3n) is 4.63. The number of rotatable bonds is 8. The van der Waals surface area contributed by atoms with Crippen LogP contribution in [0.4, 0.5) is 0 Å². The number of aromatic nitrogens is 1. The number of carbonyl (C=O) groups excluding carboxylic acids is 1. The van der Waals surface area contributed by atoms with E-state index in [4.69, 9.17) is 22.9 Å². The minimum absolute atomic E-state index is 0.0484. The largest absolute Gasteiger partial charge is 0.370 e. The van der Waals surface area contributed by atoms with Crippen molar-refractivity contribution in [1.29, 1.82) is 0 Å². The van der Waals surface area contributed by atoms with Gasteiger partial charge in [0.15, 0.2) is 11.9 Å². The lowest BCUT2D eigenvalue weighted by Gasteiger charge is -2.13. The van der Waals surface area contributed by atoms with Crippen LogP contribution in [-0.2, 0) is 24.3 Å². The second kappa shape index (κ2) is 9.46. The van der Waals surface area contributed by atoms with Gasteiger partial charge >= 0.3 is 0 Å². The maximum absolute atomic E-state index is 12.8. The van der Waals surface area contributed by atoms with E-state index in [1.54, 1.807) is 0 Å². The molecule has 0 bridgehead atoms. The van der Waals surface area contributed by atoms with Crippen LogP contribution in [0.15, 0.2) is 64.7 Å². The highest BCUT2D eigenvalue weighted by Gasteiger charge is 2.20. The molecule has 3 rings (SSSR count). The van der Waals surface area contributed by atoms with Gasteiger partial charge in [0.05, 0.1) is 6.54 Å². The Hall–Kier alpha value is -4.01. The van der Waals surface area contributed by atoms with E-state index in [0.29, 0.717) is 19.5 Å². The van der Waals surface area contributed by atoms with Crippen LogP contribution in [0.3, 0.4) is 0 Å². The van der Waals surface area contributed by atoms with Gasteiger partial charge in [-0.25, -0.2) is 9.98 Å². The number of amides is 1. The van der Waals surface area contributed by atoms with Crippen LogP contribution in [0.5, 0.6) is 0 Å². The summed E-state index contributed by atoms with van der Waals surface area (Å²) in [6.07, 6.45) is 2.26. The average Bonchev–Trinajstić information content (AvgIpc) is 3.13. The fourth-order valence-corrected chi connectivity index (χ4v) is 3.14. The third kappa shape index (κ3) is 5.51. The standard InChI is InChI=1S/C21H26N8O/c22-20(23)28-11-14-7-5-13(6-8-14)10-27-19(30)18(29-21(24)25)9-15-12-26-17-4-2-1-3-16(15)17/h1-8,12,18,26H,9-11H2,(H,27,30)(H4,22,23,28)(H4,24,25,29)/t18-/m0/s1. The number of nitrogens with zero attached hydrogens (tertiary/aromatic N) is 2. The summed E-state index contributed by atoms with van der Waals surface area (Å²) in [7, 11) is 0. The molecule has 0 unspecified atom stereocenters. The maximum Gasteiger partial charge on any atom is 0.245 e. The summed E-state index contributed by atoms with van der Waals surface area (Å²) in [5, 5.41) is 3.94. The molecular formula is C21H26N8O. The van der Waals surface area contributed by atoms with Crippen LogP contribution in [0.25, 0.3) is 10.9 Å². The van der Waals surface area contributed by atoms with E-state index in [9.17, 15) is 4.79 Å². The highest BCUT2D eigenvalue weighted by atomic mass is 16.2. The van der Waals surface area contributed by atoms with Crippen LogP contribution in [-0.4, -0.2) is 28.9 Å². The molecule has 0 spiro atoms. The first kappa shape index (κ1) is 20.7. The molecular weight excluding hydrogens is 380 g/mol. The Bertz CT molecular complexity index is 1060. The number of hydrogen-bond donors (Lipinski definition) is 6. The molecule has 1 heterocycles. The Morgan fingerprint density at radius 3 is 2.37 bits per heavy atom. The molecule has 156 valence electrons. The summed E-state index contributed by atoms with van der Waals surface area (Å²) in [5.74, 6) is -0.329. The summed E-state index contributed by atoms with van der Waals surface area (Å²) in [5.41, 5.74) is 25.7. The van der Waals surface area contributed by atoms with Crippen molar-refractivity contribution in [2.75, 3.05) is 0 Å². The minimum Gasteiger partial charge on any atom is -0.370 e. The lowest BCUT2D eigenvalue weighted by Crippen LogP contribution is -2.37. The molecule has 0 radical (unpaired) electrons.